The summed E-state index contributed by atoms with van der Waals surface area (Å²) in [5, 5.41) is 9.33. The molecule has 2 aliphatic rings. The van der Waals surface area contributed by atoms with Crippen molar-refractivity contribution in [3.63, 3.8) is 0 Å². The van der Waals surface area contributed by atoms with Crippen LogP contribution in [-0.4, -0.2) is 25.4 Å². The maximum atomic E-state index is 9.33. The molecule has 2 fully saturated rings. The molecule has 0 amide bonds. The average molecular weight is 170 g/mol. The Morgan fingerprint density at radius 3 is 2.58 bits per heavy atom. The van der Waals surface area contributed by atoms with Crippen molar-refractivity contribution in [2.75, 3.05) is 20.3 Å². The summed E-state index contributed by atoms with van der Waals surface area (Å²) in [6, 6.07) is 0. The molecular formula is C10H18O2. The van der Waals surface area contributed by atoms with E-state index in [-0.39, 0.29) is 5.41 Å². The lowest BCUT2D eigenvalue weighted by atomic mass is 9.81. The van der Waals surface area contributed by atoms with Gasteiger partial charge in [-0.05, 0) is 42.9 Å². The van der Waals surface area contributed by atoms with E-state index in [1.807, 2.05) is 0 Å². The molecule has 0 heterocycles. The third-order valence-electron chi connectivity index (χ3n) is 3.63. The predicted octanol–water partition coefficient (Wildman–Crippen LogP) is 1.43. The van der Waals surface area contributed by atoms with Crippen molar-refractivity contribution in [2.45, 2.75) is 25.7 Å². The minimum atomic E-state index is 0.240. The highest BCUT2D eigenvalue weighted by Gasteiger charge is 2.52. The first-order chi connectivity index (χ1) is 5.79. The van der Waals surface area contributed by atoms with Crippen molar-refractivity contribution in [2.24, 2.45) is 17.3 Å². The number of ether oxygens (including phenoxy) is 1. The number of aliphatic hydroxyl groups excluding tert-OH is 1. The summed E-state index contributed by atoms with van der Waals surface area (Å²) in [6.45, 7) is 1.17. The van der Waals surface area contributed by atoms with Crippen LogP contribution in [0.1, 0.15) is 25.7 Å². The van der Waals surface area contributed by atoms with E-state index in [0.29, 0.717) is 6.61 Å². The normalized spacial score (nSPS) is 44.5. The molecule has 0 aliphatic heterocycles. The van der Waals surface area contributed by atoms with Crippen LogP contribution in [0.5, 0.6) is 0 Å². The molecule has 12 heavy (non-hydrogen) atoms. The maximum Gasteiger partial charge on any atom is 0.0488 e. The fraction of sp³-hybridized carbons (Fsp3) is 1.00. The molecule has 2 rings (SSSR count). The van der Waals surface area contributed by atoms with Gasteiger partial charge in [-0.2, -0.15) is 0 Å². The molecule has 2 nitrogen and oxygen atoms in total. The third-order valence-corrected chi connectivity index (χ3v) is 3.63. The van der Waals surface area contributed by atoms with Gasteiger partial charge in [-0.1, -0.05) is 0 Å². The number of hydrogen-bond acceptors (Lipinski definition) is 2. The summed E-state index contributed by atoms with van der Waals surface area (Å²) in [4.78, 5) is 0. The molecule has 1 N–H and O–H groups in total. The molecule has 0 aromatic heterocycles. The number of hydrogen-bond donors (Lipinski definition) is 1. The lowest BCUT2D eigenvalue weighted by Gasteiger charge is -2.28. The van der Waals surface area contributed by atoms with Crippen LogP contribution in [0, 0.1) is 17.3 Å². The zero-order valence-corrected chi connectivity index (χ0v) is 7.75. The molecule has 2 unspecified atom stereocenters. The monoisotopic (exact) mass is 170 g/mol. The Hall–Kier alpha value is -0.0800. The molecule has 2 saturated carbocycles. The fourth-order valence-corrected chi connectivity index (χ4v) is 2.74. The van der Waals surface area contributed by atoms with Gasteiger partial charge in [0.05, 0.1) is 0 Å². The molecule has 0 saturated heterocycles. The van der Waals surface area contributed by atoms with Crippen LogP contribution in [0.3, 0.4) is 0 Å². The first kappa shape index (κ1) is 8.52. The van der Waals surface area contributed by atoms with Crippen LogP contribution in [0.2, 0.25) is 0 Å². The number of methoxy groups -OCH3 is 1. The summed E-state index contributed by atoms with van der Waals surface area (Å²) in [5.74, 6) is 1.91. The van der Waals surface area contributed by atoms with Gasteiger partial charge in [-0.15, -0.1) is 0 Å². The number of fused-ring (bicyclic) bond motifs is 1. The van der Waals surface area contributed by atoms with Gasteiger partial charge in [0.25, 0.3) is 0 Å². The Labute approximate surface area is 73.9 Å². The zero-order chi connectivity index (χ0) is 8.60. The Balaban J connectivity index is 1.87. The second kappa shape index (κ2) is 3.00. The molecule has 0 spiro atoms. The van der Waals surface area contributed by atoms with E-state index in [1.54, 1.807) is 7.11 Å². The summed E-state index contributed by atoms with van der Waals surface area (Å²) in [5.41, 5.74) is 0.240. The molecule has 0 aromatic rings. The van der Waals surface area contributed by atoms with Crippen LogP contribution < -0.4 is 0 Å². The van der Waals surface area contributed by atoms with Crippen molar-refractivity contribution >= 4 is 0 Å². The van der Waals surface area contributed by atoms with E-state index < -0.39 is 0 Å². The molecular weight excluding hydrogens is 152 g/mol. The molecule has 2 heteroatoms. The molecule has 0 bridgehead atoms. The maximum absolute atomic E-state index is 9.33. The lowest BCUT2D eigenvalue weighted by molar-refractivity contribution is 0.0704. The standard InChI is InChI=1S/C10H18O2/c1-12-3-2-10(7-11)5-8-4-9(8)6-10/h8-9,11H,2-7H2,1H3. The Morgan fingerprint density at radius 1 is 1.42 bits per heavy atom. The topological polar surface area (TPSA) is 29.5 Å². The van der Waals surface area contributed by atoms with Crippen molar-refractivity contribution in [1.82, 2.24) is 0 Å². The highest BCUT2D eigenvalue weighted by molar-refractivity contribution is 5.02. The lowest BCUT2D eigenvalue weighted by Crippen LogP contribution is -2.25. The van der Waals surface area contributed by atoms with E-state index in [2.05, 4.69) is 0 Å². The van der Waals surface area contributed by atoms with Gasteiger partial charge in [0.15, 0.2) is 0 Å². The largest absolute Gasteiger partial charge is 0.396 e. The van der Waals surface area contributed by atoms with Crippen LogP contribution in [-0.2, 0) is 4.74 Å². The molecule has 2 atom stereocenters. The second-order valence-corrected chi connectivity index (χ2v) is 4.57. The summed E-state index contributed by atoms with van der Waals surface area (Å²) in [7, 11) is 1.74. The fourth-order valence-electron chi connectivity index (χ4n) is 2.74. The van der Waals surface area contributed by atoms with Gasteiger partial charge in [-0.3, -0.25) is 0 Å². The van der Waals surface area contributed by atoms with Crippen molar-refractivity contribution < 1.29 is 9.84 Å². The molecule has 0 aromatic carbocycles. The Kier molecular flexibility index (Phi) is 2.13. The van der Waals surface area contributed by atoms with E-state index in [1.165, 1.54) is 19.3 Å². The average Bonchev–Trinajstić information content (AvgIpc) is 2.72. The highest BCUT2D eigenvalue weighted by atomic mass is 16.5. The molecule has 0 radical (unpaired) electrons. The van der Waals surface area contributed by atoms with Gasteiger partial charge in [-0.25, -0.2) is 0 Å². The second-order valence-electron chi connectivity index (χ2n) is 4.57. The summed E-state index contributed by atoms with van der Waals surface area (Å²) in [6.07, 6.45) is 4.97. The van der Waals surface area contributed by atoms with Gasteiger partial charge in [0.2, 0.25) is 0 Å². The predicted molar refractivity (Wildman–Crippen MR) is 46.8 cm³/mol. The molecule has 70 valence electrons. The Bertz CT molecular complexity index is 157. The first-order valence-electron chi connectivity index (χ1n) is 4.89. The number of aliphatic hydroxyl groups is 1. The summed E-state index contributed by atoms with van der Waals surface area (Å²) >= 11 is 0. The summed E-state index contributed by atoms with van der Waals surface area (Å²) < 4.78 is 5.07. The quantitative estimate of drug-likeness (QED) is 0.691. The minimum Gasteiger partial charge on any atom is -0.396 e. The van der Waals surface area contributed by atoms with Crippen molar-refractivity contribution in [3.05, 3.63) is 0 Å². The van der Waals surface area contributed by atoms with Gasteiger partial charge < -0.3 is 9.84 Å². The Morgan fingerprint density at radius 2 is 2.08 bits per heavy atom. The smallest absolute Gasteiger partial charge is 0.0488 e. The third kappa shape index (κ3) is 1.38. The van der Waals surface area contributed by atoms with Gasteiger partial charge in [0, 0.05) is 20.3 Å². The van der Waals surface area contributed by atoms with E-state index >= 15 is 0 Å². The van der Waals surface area contributed by atoms with Crippen LogP contribution in [0.15, 0.2) is 0 Å². The zero-order valence-electron chi connectivity index (χ0n) is 7.75. The first-order valence-corrected chi connectivity index (χ1v) is 4.89. The van der Waals surface area contributed by atoms with E-state index in [9.17, 15) is 5.11 Å². The highest BCUT2D eigenvalue weighted by Crippen LogP contribution is 2.60. The molecule has 2 aliphatic carbocycles. The number of rotatable bonds is 4. The van der Waals surface area contributed by atoms with Gasteiger partial charge in [0.1, 0.15) is 0 Å². The SMILES string of the molecule is COCCC1(CO)CC2CC2C1. The van der Waals surface area contributed by atoms with Crippen LogP contribution in [0.25, 0.3) is 0 Å². The van der Waals surface area contributed by atoms with Gasteiger partial charge >= 0.3 is 0 Å². The van der Waals surface area contributed by atoms with Crippen molar-refractivity contribution in [3.8, 4) is 0 Å². The van der Waals surface area contributed by atoms with E-state index in [4.69, 9.17) is 4.74 Å². The van der Waals surface area contributed by atoms with Crippen LogP contribution >= 0.6 is 0 Å². The van der Waals surface area contributed by atoms with E-state index in [0.717, 1.165) is 24.9 Å². The van der Waals surface area contributed by atoms with Crippen LogP contribution in [0.4, 0.5) is 0 Å². The minimum absolute atomic E-state index is 0.240. The van der Waals surface area contributed by atoms with Crippen molar-refractivity contribution in [1.29, 1.82) is 0 Å².